The van der Waals surface area contributed by atoms with Gasteiger partial charge in [-0.1, -0.05) is 6.92 Å². The van der Waals surface area contributed by atoms with Crippen molar-refractivity contribution >= 4 is 5.78 Å². The van der Waals surface area contributed by atoms with Crippen LogP contribution in [-0.2, 0) is 11.2 Å². The lowest BCUT2D eigenvalue weighted by molar-refractivity contribution is -0.138. The number of hydrogen-bond acceptors (Lipinski definition) is 4. The maximum atomic E-state index is 12.1. The summed E-state index contributed by atoms with van der Waals surface area (Å²) in [4.78, 5) is 12.1. The molecule has 0 saturated heterocycles. The number of benzene rings is 1. The monoisotopic (exact) mass is 278 g/mol. The Labute approximate surface area is 119 Å². The Kier molecular flexibility index (Phi) is 3.78. The first-order valence-electron chi connectivity index (χ1n) is 6.80. The van der Waals surface area contributed by atoms with Gasteiger partial charge in [0.05, 0.1) is 25.7 Å². The average Bonchev–Trinajstić information content (AvgIpc) is 2.43. The molecule has 0 unspecified atom stereocenters. The molecule has 1 N–H and O–H groups in total. The lowest BCUT2D eigenvalue weighted by Crippen LogP contribution is -2.43. The lowest BCUT2D eigenvalue weighted by Gasteiger charge is -2.43. The zero-order valence-corrected chi connectivity index (χ0v) is 12.7. The van der Waals surface area contributed by atoms with Crippen LogP contribution >= 0.6 is 0 Å². The van der Waals surface area contributed by atoms with Crippen LogP contribution in [0.3, 0.4) is 0 Å². The molecular weight excluding hydrogens is 256 g/mol. The summed E-state index contributed by atoms with van der Waals surface area (Å²) in [6.45, 7) is 5.36. The van der Waals surface area contributed by atoms with Crippen LogP contribution in [0.15, 0.2) is 12.1 Å². The SMILES string of the molecule is COc1ccc(OC)c2c1C[C@H](C)[C@@](C)(C(C)=O)[C@H]2O. The van der Waals surface area contributed by atoms with E-state index in [4.69, 9.17) is 9.47 Å². The number of Topliss-reactive ketones (excluding diaryl/α,β-unsaturated/α-hetero) is 1. The zero-order chi connectivity index (χ0) is 15.1. The van der Waals surface area contributed by atoms with E-state index in [0.29, 0.717) is 17.7 Å². The van der Waals surface area contributed by atoms with E-state index in [1.165, 1.54) is 6.92 Å². The Hall–Kier alpha value is -1.55. The summed E-state index contributed by atoms with van der Waals surface area (Å²) >= 11 is 0. The molecule has 1 aromatic carbocycles. The number of rotatable bonds is 3. The van der Waals surface area contributed by atoms with Gasteiger partial charge in [-0.15, -0.1) is 0 Å². The molecule has 3 atom stereocenters. The van der Waals surface area contributed by atoms with Crippen LogP contribution in [-0.4, -0.2) is 25.1 Å². The molecule has 0 aliphatic heterocycles. The highest BCUT2D eigenvalue weighted by molar-refractivity contribution is 5.84. The first-order chi connectivity index (χ1) is 9.37. The number of ether oxygens (including phenoxy) is 2. The molecule has 110 valence electrons. The molecule has 1 aliphatic carbocycles. The summed E-state index contributed by atoms with van der Waals surface area (Å²) in [6, 6.07) is 3.62. The summed E-state index contributed by atoms with van der Waals surface area (Å²) in [5, 5.41) is 10.8. The highest BCUT2D eigenvalue weighted by Gasteiger charge is 2.49. The third-order valence-electron chi connectivity index (χ3n) is 4.85. The van der Waals surface area contributed by atoms with Crippen molar-refractivity contribution in [2.75, 3.05) is 14.2 Å². The molecule has 1 aliphatic rings. The molecule has 0 radical (unpaired) electrons. The van der Waals surface area contributed by atoms with Gasteiger partial charge in [0.15, 0.2) is 0 Å². The normalized spacial score (nSPS) is 28.7. The molecule has 4 heteroatoms. The molecule has 1 aromatic rings. The quantitative estimate of drug-likeness (QED) is 0.923. The van der Waals surface area contributed by atoms with Crippen molar-refractivity contribution in [2.24, 2.45) is 11.3 Å². The first-order valence-corrected chi connectivity index (χ1v) is 6.80. The van der Waals surface area contributed by atoms with E-state index in [1.807, 2.05) is 19.9 Å². The van der Waals surface area contributed by atoms with E-state index in [9.17, 15) is 9.90 Å². The molecule has 20 heavy (non-hydrogen) atoms. The number of fused-ring (bicyclic) bond motifs is 1. The molecular formula is C16H22O4. The fourth-order valence-corrected chi connectivity index (χ4v) is 3.13. The van der Waals surface area contributed by atoms with Gasteiger partial charge in [-0.3, -0.25) is 4.79 Å². The first kappa shape index (κ1) is 14.9. The summed E-state index contributed by atoms with van der Waals surface area (Å²) in [5.74, 6) is 1.36. The Morgan fingerprint density at radius 1 is 1.30 bits per heavy atom. The predicted octanol–water partition coefficient (Wildman–Crippen LogP) is 2.52. The predicted molar refractivity (Wildman–Crippen MR) is 76.2 cm³/mol. The van der Waals surface area contributed by atoms with Crippen molar-refractivity contribution in [3.05, 3.63) is 23.3 Å². The van der Waals surface area contributed by atoms with E-state index in [1.54, 1.807) is 20.3 Å². The van der Waals surface area contributed by atoms with Crippen LogP contribution in [0.1, 0.15) is 38.0 Å². The van der Waals surface area contributed by atoms with Crippen molar-refractivity contribution < 1.29 is 19.4 Å². The molecule has 0 fully saturated rings. The molecule has 0 amide bonds. The van der Waals surface area contributed by atoms with Crippen LogP contribution in [0.4, 0.5) is 0 Å². The summed E-state index contributed by atoms with van der Waals surface area (Å²) in [7, 11) is 3.18. The number of ketones is 1. The highest BCUT2D eigenvalue weighted by Crippen LogP contribution is 2.52. The molecule has 2 rings (SSSR count). The molecule has 0 saturated carbocycles. The maximum Gasteiger partial charge on any atom is 0.138 e. The molecule has 0 spiro atoms. The van der Waals surface area contributed by atoms with Gasteiger partial charge in [0, 0.05) is 11.1 Å². The second kappa shape index (κ2) is 5.09. The Morgan fingerprint density at radius 2 is 1.85 bits per heavy atom. The smallest absolute Gasteiger partial charge is 0.138 e. The number of methoxy groups -OCH3 is 2. The molecule has 0 heterocycles. The van der Waals surface area contributed by atoms with Crippen molar-refractivity contribution in [3.63, 3.8) is 0 Å². The largest absolute Gasteiger partial charge is 0.496 e. The van der Waals surface area contributed by atoms with Gasteiger partial charge >= 0.3 is 0 Å². The van der Waals surface area contributed by atoms with Gasteiger partial charge in [-0.2, -0.15) is 0 Å². The fraction of sp³-hybridized carbons (Fsp3) is 0.562. The second-order valence-electron chi connectivity index (χ2n) is 5.71. The Morgan fingerprint density at radius 3 is 2.35 bits per heavy atom. The van der Waals surface area contributed by atoms with Crippen molar-refractivity contribution in [3.8, 4) is 11.5 Å². The maximum absolute atomic E-state index is 12.1. The minimum Gasteiger partial charge on any atom is -0.496 e. The van der Waals surface area contributed by atoms with E-state index in [2.05, 4.69) is 0 Å². The highest BCUT2D eigenvalue weighted by atomic mass is 16.5. The van der Waals surface area contributed by atoms with Gasteiger partial charge in [0.2, 0.25) is 0 Å². The fourth-order valence-electron chi connectivity index (χ4n) is 3.13. The standard InChI is InChI=1S/C16H22O4/c1-9-8-11-12(19-4)6-7-13(20-5)14(11)15(18)16(9,3)10(2)17/h6-7,9,15,18H,8H2,1-5H3/t9-,15-,16-/m0/s1. The van der Waals surface area contributed by atoms with Gasteiger partial charge in [0.1, 0.15) is 17.3 Å². The van der Waals surface area contributed by atoms with E-state index < -0.39 is 11.5 Å². The molecule has 0 bridgehead atoms. The number of carbonyl (C=O) groups is 1. The number of hydrogen-bond donors (Lipinski definition) is 1. The third kappa shape index (κ3) is 1.90. The van der Waals surface area contributed by atoms with Crippen LogP contribution in [0, 0.1) is 11.3 Å². The van der Waals surface area contributed by atoms with Crippen molar-refractivity contribution in [2.45, 2.75) is 33.3 Å². The number of aliphatic hydroxyl groups excluding tert-OH is 1. The topological polar surface area (TPSA) is 55.8 Å². The number of aliphatic hydroxyl groups is 1. The summed E-state index contributed by atoms with van der Waals surface area (Å²) in [5.41, 5.74) is 0.820. The van der Waals surface area contributed by atoms with Crippen LogP contribution < -0.4 is 9.47 Å². The van der Waals surface area contributed by atoms with E-state index in [-0.39, 0.29) is 11.7 Å². The van der Waals surface area contributed by atoms with Crippen LogP contribution in [0.25, 0.3) is 0 Å². The van der Waals surface area contributed by atoms with Crippen molar-refractivity contribution in [1.29, 1.82) is 0 Å². The Bertz CT molecular complexity index is 538. The van der Waals surface area contributed by atoms with Gasteiger partial charge in [0.25, 0.3) is 0 Å². The number of carbonyl (C=O) groups excluding carboxylic acids is 1. The summed E-state index contributed by atoms with van der Waals surface area (Å²) < 4.78 is 10.7. The van der Waals surface area contributed by atoms with Gasteiger partial charge in [-0.25, -0.2) is 0 Å². The summed E-state index contributed by atoms with van der Waals surface area (Å²) in [6.07, 6.45) is -0.202. The lowest BCUT2D eigenvalue weighted by atomic mass is 9.62. The third-order valence-corrected chi connectivity index (χ3v) is 4.85. The molecule has 0 aromatic heterocycles. The van der Waals surface area contributed by atoms with Crippen LogP contribution in [0.5, 0.6) is 11.5 Å². The minimum absolute atomic E-state index is 0.00646. The van der Waals surface area contributed by atoms with Gasteiger partial charge < -0.3 is 14.6 Å². The average molecular weight is 278 g/mol. The van der Waals surface area contributed by atoms with Crippen molar-refractivity contribution in [1.82, 2.24) is 0 Å². The van der Waals surface area contributed by atoms with Gasteiger partial charge in [-0.05, 0) is 38.3 Å². The van der Waals surface area contributed by atoms with E-state index >= 15 is 0 Å². The molecule has 4 nitrogen and oxygen atoms in total. The zero-order valence-electron chi connectivity index (χ0n) is 12.7. The van der Waals surface area contributed by atoms with Crippen LogP contribution in [0.2, 0.25) is 0 Å². The van der Waals surface area contributed by atoms with E-state index in [0.717, 1.165) is 11.3 Å². The minimum atomic E-state index is -0.885. The second-order valence-corrected chi connectivity index (χ2v) is 5.71. The Balaban J connectivity index is 2.68.